The van der Waals surface area contributed by atoms with Crippen molar-refractivity contribution in [1.82, 2.24) is 5.32 Å². The van der Waals surface area contributed by atoms with Crippen molar-refractivity contribution in [2.24, 2.45) is 0 Å². The molecule has 1 amide bonds. The van der Waals surface area contributed by atoms with E-state index in [0.29, 0.717) is 26.2 Å². The van der Waals surface area contributed by atoms with E-state index in [0.717, 1.165) is 29.9 Å². The smallest absolute Gasteiger partial charge is 0.223 e. The van der Waals surface area contributed by atoms with Gasteiger partial charge in [-0.2, -0.15) is 0 Å². The van der Waals surface area contributed by atoms with Gasteiger partial charge in [0.15, 0.2) is 0 Å². The Labute approximate surface area is 121 Å². The van der Waals surface area contributed by atoms with Crippen molar-refractivity contribution in [3.8, 4) is 5.75 Å². The maximum Gasteiger partial charge on any atom is 0.223 e. The van der Waals surface area contributed by atoms with E-state index in [1.54, 1.807) is 0 Å². The van der Waals surface area contributed by atoms with Crippen LogP contribution in [0.4, 0.5) is 0 Å². The van der Waals surface area contributed by atoms with Crippen LogP contribution in [-0.2, 0) is 9.53 Å². The minimum Gasteiger partial charge on any atom is -0.493 e. The fourth-order valence-electron chi connectivity index (χ4n) is 1.75. The van der Waals surface area contributed by atoms with Crippen LogP contribution in [0.5, 0.6) is 5.75 Å². The van der Waals surface area contributed by atoms with E-state index in [4.69, 9.17) is 9.47 Å². The molecule has 0 saturated heterocycles. The molecule has 0 aliphatic heterocycles. The number of rotatable bonds is 9. The van der Waals surface area contributed by atoms with E-state index in [1.165, 1.54) is 0 Å². The first-order chi connectivity index (χ1) is 9.63. The van der Waals surface area contributed by atoms with Crippen molar-refractivity contribution in [2.45, 2.75) is 33.6 Å². The second kappa shape index (κ2) is 9.37. The highest BCUT2D eigenvalue weighted by Gasteiger charge is 2.03. The Bertz CT molecular complexity index is 418. The second-order valence-electron chi connectivity index (χ2n) is 4.77. The van der Waals surface area contributed by atoms with Crippen LogP contribution >= 0.6 is 0 Å². The van der Waals surface area contributed by atoms with E-state index in [2.05, 4.69) is 5.32 Å². The Morgan fingerprint density at radius 3 is 2.80 bits per heavy atom. The highest BCUT2D eigenvalue weighted by molar-refractivity contribution is 5.75. The summed E-state index contributed by atoms with van der Waals surface area (Å²) in [5.41, 5.74) is 2.25. The number of amides is 1. The molecule has 112 valence electrons. The average molecular weight is 279 g/mol. The monoisotopic (exact) mass is 279 g/mol. The molecule has 0 heterocycles. The van der Waals surface area contributed by atoms with Gasteiger partial charge in [-0.25, -0.2) is 0 Å². The molecule has 0 spiro atoms. The first-order valence-electron chi connectivity index (χ1n) is 7.18. The third-order valence-corrected chi connectivity index (χ3v) is 2.92. The number of ether oxygens (including phenoxy) is 2. The van der Waals surface area contributed by atoms with Gasteiger partial charge in [0.05, 0.1) is 13.0 Å². The number of carbonyl (C=O) groups is 1. The molecule has 0 unspecified atom stereocenters. The zero-order valence-corrected chi connectivity index (χ0v) is 12.7. The highest BCUT2D eigenvalue weighted by atomic mass is 16.5. The molecule has 4 nitrogen and oxygen atoms in total. The summed E-state index contributed by atoms with van der Waals surface area (Å²) in [6, 6.07) is 6.07. The van der Waals surface area contributed by atoms with Crippen LogP contribution in [0.15, 0.2) is 18.2 Å². The summed E-state index contributed by atoms with van der Waals surface area (Å²) in [6.45, 7) is 8.46. The minimum absolute atomic E-state index is 0.0202. The normalized spacial score (nSPS) is 10.3. The summed E-state index contributed by atoms with van der Waals surface area (Å²) in [5.74, 6) is 0.876. The maximum atomic E-state index is 11.6. The Morgan fingerprint density at radius 1 is 1.25 bits per heavy atom. The fraction of sp³-hybridized carbons (Fsp3) is 0.562. The van der Waals surface area contributed by atoms with Crippen LogP contribution in [0, 0.1) is 13.8 Å². The van der Waals surface area contributed by atoms with Gasteiger partial charge in [-0.15, -0.1) is 0 Å². The molecule has 0 saturated carbocycles. The lowest BCUT2D eigenvalue weighted by Gasteiger charge is -2.10. The quantitative estimate of drug-likeness (QED) is 0.707. The molecule has 0 aromatic heterocycles. The van der Waals surface area contributed by atoms with Gasteiger partial charge in [-0.05, 0) is 44.4 Å². The van der Waals surface area contributed by atoms with Crippen LogP contribution < -0.4 is 10.1 Å². The molecule has 0 aliphatic carbocycles. The van der Waals surface area contributed by atoms with Crippen LogP contribution in [0.2, 0.25) is 0 Å². The molecule has 20 heavy (non-hydrogen) atoms. The topological polar surface area (TPSA) is 47.6 Å². The Morgan fingerprint density at radius 2 is 2.05 bits per heavy atom. The molecule has 1 aromatic rings. The van der Waals surface area contributed by atoms with Crippen molar-refractivity contribution in [1.29, 1.82) is 0 Å². The first-order valence-corrected chi connectivity index (χ1v) is 7.18. The average Bonchev–Trinajstić information content (AvgIpc) is 2.42. The molecule has 4 heteroatoms. The summed E-state index contributed by atoms with van der Waals surface area (Å²) in [5, 5.41) is 2.85. The van der Waals surface area contributed by atoms with Crippen molar-refractivity contribution >= 4 is 5.91 Å². The van der Waals surface area contributed by atoms with Gasteiger partial charge in [0.2, 0.25) is 5.91 Å². The number of aryl methyl sites for hydroxylation is 2. The van der Waals surface area contributed by atoms with Gasteiger partial charge < -0.3 is 14.8 Å². The molecule has 0 atom stereocenters. The number of hydrogen-bond donors (Lipinski definition) is 1. The zero-order valence-electron chi connectivity index (χ0n) is 12.7. The summed E-state index contributed by atoms with van der Waals surface area (Å²) < 4.78 is 10.9. The molecular formula is C16H25NO3. The van der Waals surface area contributed by atoms with Crippen LogP contribution in [0.25, 0.3) is 0 Å². The molecule has 1 aromatic carbocycles. The third kappa shape index (κ3) is 6.57. The van der Waals surface area contributed by atoms with E-state index in [-0.39, 0.29) is 5.91 Å². The van der Waals surface area contributed by atoms with Gasteiger partial charge in [-0.3, -0.25) is 4.79 Å². The summed E-state index contributed by atoms with van der Waals surface area (Å²) in [6.07, 6.45) is 1.22. The van der Waals surface area contributed by atoms with Crippen molar-refractivity contribution in [2.75, 3.05) is 26.4 Å². The standard InChI is InChI=1S/C16H25NO3/c1-4-19-10-5-9-17-16(18)8-11-20-15-12-13(2)6-7-14(15)3/h6-7,12H,4-5,8-11H2,1-3H3,(H,17,18). The van der Waals surface area contributed by atoms with Crippen LogP contribution in [0.3, 0.4) is 0 Å². The molecule has 1 N–H and O–H groups in total. The lowest BCUT2D eigenvalue weighted by atomic mass is 10.1. The van der Waals surface area contributed by atoms with Crippen molar-refractivity contribution in [3.63, 3.8) is 0 Å². The number of hydrogen-bond acceptors (Lipinski definition) is 3. The summed E-state index contributed by atoms with van der Waals surface area (Å²) >= 11 is 0. The Kier molecular flexibility index (Phi) is 7.73. The van der Waals surface area contributed by atoms with Gasteiger partial charge in [0.1, 0.15) is 5.75 Å². The van der Waals surface area contributed by atoms with E-state index in [9.17, 15) is 4.79 Å². The number of carbonyl (C=O) groups excluding carboxylic acids is 1. The molecule has 0 bridgehead atoms. The number of nitrogens with one attached hydrogen (secondary N) is 1. The summed E-state index contributed by atoms with van der Waals surface area (Å²) in [7, 11) is 0. The van der Waals surface area contributed by atoms with E-state index < -0.39 is 0 Å². The lowest BCUT2D eigenvalue weighted by Crippen LogP contribution is -2.26. The fourth-order valence-corrected chi connectivity index (χ4v) is 1.75. The molecule has 0 aliphatic rings. The highest BCUT2D eigenvalue weighted by Crippen LogP contribution is 2.19. The maximum absolute atomic E-state index is 11.6. The van der Waals surface area contributed by atoms with Crippen molar-refractivity contribution in [3.05, 3.63) is 29.3 Å². The van der Waals surface area contributed by atoms with E-state index in [1.807, 2.05) is 39.0 Å². The lowest BCUT2D eigenvalue weighted by molar-refractivity contribution is -0.121. The second-order valence-corrected chi connectivity index (χ2v) is 4.77. The third-order valence-electron chi connectivity index (χ3n) is 2.92. The van der Waals surface area contributed by atoms with Gasteiger partial charge in [-0.1, -0.05) is 12.1 Å². The predicted octanol–water partition coefficient (Wildman–Crippen LogP) is 2.62. The molecule has 1 rings (SSSR count). The van der Waals surface area contributed by atoms with E-state index >= 15 is 0 Å². The number of benzene rings is 1. The largest absolute Gasteiger partial charge is 0.493 e. The minimum atomic E-state index is 0.0202. The molecule has 0 radical (unpaired) electrons. The summed E-state index contributed by atoms with van der Waals surface area (Å²) in [4.78, 5) is 11.6. The van der Waals surface area contributed by atoms with Crippen LogP contribution in [-0.4, -0.2) is 32.3 Å². The Balaban J connectivity index is 2.17. The van der Waals surface area contributed by atoms with Crippen LogP contribution in [0.1, 0.15) is 30.9 Å². The SMILES string of the molecule is CCOCCCNC(=O)CCOc1cc(C)ccc1C. The van der Waals surface area contributed by atoms with Crippen molar-refractivity contribution < 1.29 is 14.3 Å². The van der Waals surface area contributed by atoms with Gasteiger partial charge in [0.25, 0.3) is 0 Å². The van der Waals surface area contributed by atoms with Gasteiger partial charge in [0, 0.05) is 19.8 Å². The van der Waals surface area contributed by atoms with Gasteiger partial charge >= 0.3 is 0 Å². The molecular weight excluding hydrogens is 254 g/mol. The predicted molar refractivity (Wildman–Crippen MR) is 80.1 cm³/mol. The Hall–Kier alpha value is -1.55. The molecule has 0 fully saturated rings. The first kappa shape index (κ1) is 16.5. The zero-order chi connectivity index (χ0) is 14.8.